The van der Waals surface area contributed by atoms with Crippen molar-refractivity contribution in [2.24, 2.45) is 10.7 Å². The predicted molar refractivity (Wildman–Crippen MR) is 180 cm³/mol. The zero-order chi connectivity index (χ0) is 34.6. The summed E-state index contributed by atoms with van der Waals surface area (Å²) in [6.07, 6.45) is 2.83. The number of carbonyl (C=O) groups is 4. The van der Waals surface area contributed by atoms with Gasteiger partial charge in [-0.1, -0.05) is 47.6 Å². The molecule has 1 saturated heterocycles. The topological polar surface area (TPSA) is 174 Å². The van der Waals surface area contributed by atoms with E-state index < -0.39 is 23.9 Å². The number of aromatic hydroxyl groups is 1. The summed E-state index contributed by atoms with van der Waals surface area (Å²) < 4.78 is 0. The Labute approximate surface area is 271 Å². The van der Waals surface area contributed by atoms with Gasteiger partial charge < -0.3 is 21.1 Å². The zero-order valence-corrected chi connectivity index (χ0v) is 27.5. The summed E-state index contributed by atoms with van der Waals surface area (Å²) in [6, 6.07) is 13.9. The molecule has 3 amide bonds. The van der Waals surface area contributed by atoms with Crippen molar-refractivity contribution in [3.63, 3.8) is 0 Å². The highest BCUT2D eigenvalue weighted by atomic mass is 32.1. The number of benzene rings is 2. The van der Waals surface area contributed by atoms with Gasteiger partial charge in [-0.05, 0) is 70.3 Å². The van der Waals surface area contributed by atoms with E-state index in [9.17, 15) is 24.3 Å². The van der Waals surface area contributed by atoms with Crippen LogP contribution in [0.5, 0.6) is 5.75 Å². The van der Waals surface area contributed by atoms with Gasteiger partial charge in [0.15, 0.2) is 0 Å². The van der Waals surface area contributed by atoms with E-state index in [4.69, 9.17) is 15.9 Å². The number of likely N-dealkylation sites (N-methyl/N-ethyl adjacent to an activating group) is 1. The third-order valence-corrected chi connectivity index (χ3v) is 7.71. The minimum Gasteiger partial charge on any atom is -0.507 e. The highest BCUT2D eigenvalue weighted by Gasteiger charge is 2.40. The van der Waals surface area contributed by atoms with E-state index in [1.54, 1.807) is 37.4 Å². The van der Waals surface area contributed by atoms with Crippen LogP contribution < -0.4 is 10.6 Å². The first-order chi connectivity index (χ1) is 21.3. The summed E-state index contributed by atoms with van der Waals surface area (Å²) in [5.41, 5.74) is 9.08. The van der Waals surface area contributed by atoms with Gasteiger partial charge in [0.1, 0.15) is 17.3 Å². The summed E-state index contributed by atoms with van der Waals surface area (Å²) in [7, 11) is 1.59. The Morgan fingerprint density at radius 1 is 0.891 bits per heavy atom. The average Bonchev–Trinajstić information content (AvgIpc) is 3.56. The summed E-state index contributed by atoms with van der Waals surface area (Å²) in [5, 5.41) is 28.6. The Morgan fingerprint density at radius 3 is 1.85 bits per heavy atom. The van der Waals surface area contributed by atoms with Crippen LogP contribution in [-0.2, 0) is 25.2 Å². The molecule has 1 aromatic heterocycles. The number of aliphatic carboxylic acids is 2. The number of imide groups is 1. The summed E-state index contributed by atoms with van der Waals surface area (Å²) >= 11 is 1.50. The number of hydrogen-bond acceptors (Lipinski definition) is 7. The molecule has 1 aliphatic heterocycles. The number of carbonyl (C=O) groups excluding carboxylic acids is 2. The molecule has 0 unspecified atom stereocenters. The van der Waals surface area contributed by atoms with Gasteiger partial charge in [-0.25, -0.2) is 24.3 Å². The zero-order valence-electron chi connectivity index (χ0n) is 26.7. The van der Waals surface area contributed by atoms with E-state index in [-0.39, 0.29) is 22.3 Å². The number of amides is 3. The van der Waals surface area contributed by atoms with E-state index in [0.29, 0.717) is 29.4 Å². The first kappa shape index (κ1) is 35.3. The van der Waals surface area contributed by atoms with Crippen LogP contribution in [0.4, 0.5) is 16.2 Å². The summed E-state index contributed by atoms with van der Waals surface area (Å²) in [4.78, 5) is 53.5. The van der Waals surface area contributed by atoms with Crippen molar-refractivity contribution in [1.82, 2.24) is 4.90 Å². The lowest BCUT2D eigenvalue weighted by atomic mass is 9.78. The Morgan fingerprint density at radius 2 is 1.41 bits per heavy atom. The standard InChI is InChI=1S/C30H34N4O3S.C4H4O4/c1-29(2,3)21-15-18(16-22(25(21)35)30(4,5)6)17-23-27(36)34(28(37)33(23)7)20-12-10-19(11-13-20)32-26(31)24-9-8-14-38-24;5-3(6)1-2-4(7)8/h8-17,35H,1-7H3,(H2,31,32);1-2H,(H,5,6)(H,7,8)/b23-17-;2-1+. The van der Waals surface area contributed by atoms with Crippen molar-refractivity contribution in [2.75, 3.05) is 11.9 Å². The molecule has 0 bridgehead atoms. The van der Waals surface area contributed by atoms with Crippen LogP contribution >= 0.6 is 11.3 Å². The van der Waals surface area contributed by atoms with Crippen molar-refractivity contribution in [3.8, 4) is 5.75 Å². The number of carboxylic acid groups (broad SMARTS) is 2. The van der Waals surface area contributed by atoms with Crippen molar-refractivity contribution in [3.05, 3.63) is 93.3 Å². The van der Waals surface area contributed by atoms with Gasteiger partial charge in [0, 0.05) is 30.3 Å². The molecule has 2 aromatic carbocycles. The fourth-order valence-electron chi connectivity index (χ4n) is 4.46. The Hall–Kier alpha value is -5.23. The maximum Gasteiger partial charge on any atom is 0.336 e. The van der Waals surface area contributed by atoms with Crippen LogP contribution in [0.1, 0.15) is 63.1 Å². The normalized spacial score (nSPS) is 15.0. The fourth-order valence-corrected chi connectivity index (χ4v) is 5.09. The Balaban J connectivity index is 0.000000637. The number of phenolic OH excluding ortho intramolecular Hbond substituents is 1. The van der Waals surface area contributed by atoms with Crippen LogP contribution in [0.25, 0.3) is 6.08 Å². The molecular weight excluding hydrogens is 608 g/mol. The minimum atomic E-state index is -1.26. The van der Waals surface area contributed by atoms with Crippen molar-refractivity contribution in [1.29, 1.82) is 0 Å². The molecule has 0 spiro atoms. The quantitative estimate of drug-likeness (QED) is 0.105. The lowest BCUT2D eigenvalue weighted by Gasteiger charge is -2.28. The molecule has 0 aliphatic carbocycles. The van der Waals surface area contributed by atoms with E-state index in [1.807, 2.05) is 71.2 Å². The van der Waals surface area contributed by atoms with Gasteiger partial charge in [0.25, 0.3) is 5.91 Å². The molecule has 1 aliphatic rings. The number of anilines is 1. The number of nitrogens with two attached hydrogens (primary N) is 1. The van der Waals surface area contributed by atoms with Gasteiger partial charge in [0.05, 0.1) is 16.3 Å². The first-order valence-electron chi connectivity index (χ1n) is 14.1. The molecule has 2 heterocycles. The first-order valence-corrected chi connectivity index (χ1v) is 15.0. The number of urea groups is 1. The number of amidine groups is 1. The molecule has 5 N–H and O–H groups in total. The van der Waals surface area contributed by atoms with Crippen LogP contribution in [0.2, 0.25) is 0 Å². The van der Waals surface area contributed by atoms with Gasteiger partial charge in [-0.3, -0.25) is 9.69 Å². The molecule has 4 rings (SSSR count). The second kappa shape index (κ2) is 13.8. The number of phenols is 1. The number of thiophene rings is 1. The summed E-state index contributed by atoms with van der Waals surface area (Å²) in [5.74, 6) is -2.27. The smallest absolute Gasteiger partial charge is 0.336 e. The van der Waals surface area contributed by atoms with E-state index >= 15 is 0 Å². The van der Waals surface area contributed by atoms with Gasteiger partial charge >= 0.3 is 18.0 Å². The van der Waals surface area contributed by atoms with Crippen LogP contribution in [0.3, 0.4) is 0 Å². The van der Waals surface area contributed by atoms with Crippen LogP contribution in [0, 0.1) is 0 Å². The number of carboxylic acids is 2. The van der Waals surface area contributed by atoms with Crippen molar-refractivity contribution >= 4 is 58.5 Å². The lowest BCUT2D eigenvalue weighted by molar-refractivity contribution is -0.134. The second-order valence-corrected chi connectivity index (χ2v) is 13.4. The van der Waals surface area contributed by atoms with Gasteiger partial charge in [-0.15, -0.1) is 11.3 Å². The Kier molecular flexibility index (Phi) is 10.6. The Bertz CT molecular complexity index is 1670. The van der Waals surface area contributed by atoms with Crippen LogP contribution in [-0.4, -0.2) is 57.0 Å². The SMILES string of the molecule is CN1C(=O)N(c2ccc(N=C(N)c3cccs3)cc2)C(=O)/C1=C/c1cc(C(C)(C)C)c(O)c(C(C)(C)C)c1.O=C(O)/C=C/C(=O)O. The highest BCUT2D eigenvalue weighted by molar-refractivity contribution is 7.12. The fraction of sp³-hybridized carbons (Fsp3) is 0.265. The van der Waals surface area contributed by atoms with Crippen molar-refractivity contribution in [2.45, 2.75) is 52.4 Å². The summed E-state index contributed by atoms with van der Waals surface area (Å²) in [6.45, 7) is 12.2. The largest absolute Gasteiger partial charge is 0.507 e. The van der Waals surface area contributed by atoms with Gasteiger partial charge in [0.2, 0.25) is 0 Å². The maximum atomic E-state index is 13.5. The van der Waals surface area contributed by atoms with E-state index in [2.05, 4.69) is 4.99 Å². The number of hydrogen-bond donors (Lipinski definition) is 4. The molecule has 11 nitrogen and oxygen atoms in total. The highest BCUT2D eigenvalue weighted by Crippen LogP contribution is 2.40. The van der Waals surface area contributed by atoms with Gasteiger partial charge in [-0.2, -0.15) is 0 Å². The molecule has 46 heavy (non-hydrogen) atoms. The monoisotopic (exact) mass is 646 g/mol. The molecular formula is C34H38N4O7S. The molecule has 0 atom stereocenters. The molecule has 3 aromatic rings. The molecule has 1 fully saturated rings. The minimum absolute atomic E-state index is 0.254. The molecule has 242 valence electrons. The third-order valence-electron chi connectivity index (χ3n) is 6.81. The molecule has 0 radical (unpaired) electrons. The lowest BCUT2D eigenvalue weighted by Crippen LogP contribution is -2.31. The predicted octanol–water partition coefficient (Wildman–Crippen LogP) is 6.24. The van der Waals surface area contributed by atoms with Crippen LogP contribution in [0.15, 0.2) is 76.8 Å². The van der Waals surface area contributed by atoms with E-state index in [0.717, 1.165) is 26.5 Å². The second-order valence-electron chi connectivity index (χ2n) is 12.5. The third kappa shape index (κ3) is 8.48. The van der Waals surface area contributed by atoms with E-state index in [1.165, 1.54) is 16.2 Å². The number of nitrogens with zero attached hydrogens (tertiary/aromatic N) is 3. The molecule has 0 saturated carbocycles. The number of aliphatic imine (C=N–C) groups is 1. The average molecular weight is 647 g/mol. The van der Waals surface area contributed by atoms with Crippen molar-refractivity contribution < 1.29 is 34.5 Å². The molecule has 12 heteroatoms. The number of rotatable bonds is 6. The maximum absolute atomic E-state index is 13.5.